The van der Waals surface area contributed by atoms with E-state index >= 15 is 0 Å². The summed E-state index contributed by atoms with van der Waals surface area (Å²) >= 11 is 0. The van der Waals surface area contributed by atoms with Crippen LogP contribution in [-0.4, -0.2) is 24.5 Å². The number of hydrogen-bond donors (Lipinski definition) is 2. The normalized spacial score (nSPS) is 32.3. The summed E-state index contributed by atoms with van der Waals surface area (Å²) in [7, 11) is 0. The molecule has 2 unspecified atom stereocenters. The quantitative estimate of drug-likeness (QED) is 0.751. The molecule has 2 aliphatic rings. The summed E-state index contributed by atoms with van der Waals surface area (Å²) in [5.41, 5.74) is 0. The lowest BCUT2D eigenvalue weighted by atomic mass is 9.88. The maximum Gasteiger partial charge on any atom is 0.223 e. The lowest BCUT2D eigenvalue weighted by Gasteiger charge is -2.32. The van der Waals surface area contributed by atoms with Crippen molar-refractivity contribution in [1.29, 1.82) is 0 Å². The van der Waals surface area contributed by atoms with E-state index in [1.165, 1.54) is 25.7 Å². The van der Waals surface area contributed by atoms with E-state index < -0.39 is 0 Å². The molecule has 0 radical (unpaired) electrons. The van der Waals surface area contributed by atoms with Gasteiger partial charge in [0.25, 0.3) is 0 Å². The van der Waals surface area contributed by atoms with Gasteiger partial charge in [-0.15, -0.1) is 0 Å². The highest BCUT2D eigenvalue weighted by Gasteiger charge is 2.26. The van der Waals surface area contributed by atoms with Gasteiger partial charge in [0.15, 0.2) is 0 Å². The fraction of sp³-hybridized carbons (Fsp3) is 0.923. The van der Waals surface area contributed by atoms with Gasteiger partial charge in [-0.2, -0.15) is 0 Å². The van der Waals surface area contributed by atoms with E-state index in [0.29, 0.717) is 23.9 Å². The molecule has 1 saturated heterocycles. The minimum Gasteiger partial charge on any atom is -0.352 e. The summed E-state index contributed by atoms with van der Waals surface area (Å²) in [6, 6.07) is 0.782. The third-order valence-electron chi connectivity index (χ3n) is 4.07. The molecule has 0 aromatic rings. The van der Waals surface area contributed by atoms with E-state index in [1.54, 1.807) is 0 Å². The molecule has 2 N–H and O–H groups in total. The van der Waals surface area contributed by atoms with Gasteiger partial charge in [0.05, 0.1) is 0 Å². The third kappa shape index (κ3) is 2.97. The van der Waals surface area contributed by atoms with Gasteiger partial charge in [0.1, 0.15) is 0 Å². The molecule has 3 nitrogen and oxygen atoms in total. The Hall–Kier alpha value is -0.570. The van der Waals surface area contributed by atoms with Crippen molar-refractivity contribution in [2.75, 3.05) is 6.54 Å². The van der Waals surface area contributed by atoms with E-state index in [2.05, 4.69) is 17.6 Å². The van der Waals surface area contributed by atoms with E-state index in [1.807, 2.05) is 0 Å². The van der Waals surface area contributed by atoms with Gasteiger partial charge in [0, 0.05) is 18.0 Å². The van der Waals surface area contributed by atoms with Crippen LogP contribution in [0, 0.1) is 5.92 Å². The van der Waals surface area contributed by atoms with Crippen molar-refractivity contribution in [3.05, 3.63) is 0 Å². The average Bonchev–Trinajstić information content (AvgIpc) is 2.33. The lowest BCUT2D eigenvalue weighted by Crippen LogP contribution is -2.53. The zero-order valence-corrected chi connectivity index (χ0v) is 10.3. The first-order valence-corrected chi connectivity index (χ1v) is 6.81. The zero-order valence-electron chi connectivity index (χ0n) is 10.3. The van der Waals surface area contributed by atoms with Crippen molar-refractivity contribution in [2.45, 2.75) is 64.0 Å². The zero-order chi connectivity index (χ0) is 11.4. The Morgan fingerprint density at radius 3 is 2.56 bits per heavy atom. The molecule has 0 spiro atoms. The summed E-state index contributed by atoms with van der Waals surface area (Å²) in [6.45, 7) is 3.27. The summed E-state index contributed by atoms with van der Waals surface area (Å²) < 4.78 is 0. The van der Waals surface area contributed by atoms with Crippen LogP contribution in [0.25, 0.3) is 0 Å². The SMILES string of the molecule is CC1NCCCC1NC(=O)C1CCCCC1. The van der Waals surface area contributed by atoms with Crippen LogP contribution in [0.5, 0.6) is 0 Å². The standard InChI is InChI=1S/C13H24N2O/c1-10-12(8-5-9-14-10)15-13(16)11-6-3-2-4-7-11/h10-12,14H,2-9H2,1H3,(H,15,16). The van der Waals surface area contributed by atoms with Crippen LogP contribution in [0.4, 0.5) is 0 Å². The molecule has 1 aliphatic carbocycles. The van der Waals surface area contributed by atoms with Gasteiger partial charge in [-0.05, 0) is 39.2 Å². The predicted molar refractivity (Wildman–Crippen MR) is 65.2 cm³/mol. The van der Waals surface area contributed by atoms with E-state index in [-0.39, 0.29) is 0 Å². The van der Waals surface area contributed by atoms with Crippen LogP contribution in [0.2, 0.25) is 0 Å². The number of piperidine rings is 1. The number of amides is 1. The fourth-order valence-corrected chi connectivity index (χ4v) is 2.91. The molecule has 1 heterocycles. The van der Waals surface area contributed by atoms with Crippen molar-refractivity contribution in [3.8, 4) is 0 Å². The molecule has 0 aromatic heterocycles. The first-order chi connectivity index (χ1) is 7.77. The Bertz CT molecular complexity index is 236. The first kappa shape index (κ1) is 11.9. The van der Waals surface area contributed by atoms with Gasteiger partial charge in [-0.3, -0.25) is 4.79 Å². The first-order valence-electron chi connectivity index (χ1n) is 6.81. The molecular weight excluding hydrogens is 200 g/mol. The molecular formula is C13H24N2O. The predicted octanol–water partition coefficient (Wildman–Crippen LogP) is 1.82. The molecule has 16 heavy (non-hydrogen) atoms. The molecule has 2 rings (SSSR count). The highest BCUT2D eigenvalue weighted by Crippen LogP contribution is 2.24. The molecule has 2 atom stereocenters. The van der Waals surface area contributed by atoms with E-state index in [4.69, 9.17) is 0 Å². The molecule has 1 saturated carbocycles. The molecule has 3 heteroatoms. The Kier molecular flexibility index (Phi) is 4.22. The van der Waals surface area contributed by atoms with Gasteiger partial charge >= 0.3 is 0 Å². The van der Waals surface area contributed by atoms with E-state index in [0.717, 1.165) is 25.8 Å². The van der Waals surface area contributed by atoms with Crippen molar-refractivity contribution in [1.82, 2.24) is 10.6 Å². The topological polar surface area (TPSA) is 41.1 Å². The highest BCUT2D eigenvalue weighted by molar-refractivity contribution is 5.79. The third-order valence-corrected chi connectivity index (χ3v) is 4.07. The smallest absolute Gasteiger partial charge is 0.223 e. The average molecular weight is 224 g/mol. The monoisotopic (exact) mass is 224 g/mol. The maximum atomic E-state index is 12.1. The van der Waals surface area contributed by atoms with E-state index in [9.17, 15) is 4.79 Å². The van der Waals surface area contributed by atoms with Crippen LogP contribution in [0.1, 0.15) is 51.9 Å². The summed E-state index contributed by atoms with van der Waals surface area (Å²) in [6.07, 6.45) is 8.28. The molecule has 1 aliphatic heterocycles. The lowest BCUT2D eigenvalue weighted by molar-refractivity contribution is -0.127. The van der Waals surface area contributed by atoms with Gasteiger partial charge in [-0.25, -0.2) is 0 Å². The van der Waals surface area contributed by atoms with Crippen LogP contribution in [0.3, 0.4) is 0 Å². The molecule has 0 aromatic carbocycles. The van der Waals surface area contributed by atoms with Crippen molar-refractivity contribution in [2.24, 2.45) is 5.92 Å². The largest absolute Gasteiger partial charge is 0.352 e. The van der Waals surface area contributed by atoms with Gasteiger partial charge in [0.2, 0.25) is 5.91 Å². The summed E-state index contributed by atoms with van der Waals surface area (Å²) in [5, 5.41) is 6.66. The number of hydrogen-bond acceptors (Lipinski definition) is 2. The Morgan fingerprint density at radius 2 is 1.88 bits per heavy atom. The Morgan fingerprint density at radius 1 is 1.12 bits per heavy atom. The molecule has 1 amide bonds. The fourth-order valence-electron chi connectivity index (χ4n) is 2.91. The highest BCUT2D eigenvalue weighted by atomic mass is 16.1. The van der Waals surface area contributed by atoms with Crippen molar-refractivity contribution >= 4 is 5.91 Å². The van der Waals surface area contributed by atoms with Crippen molar-refractivity contribution in [3.63, 3.8) is 0 Å². The summed E-state index contributed by atoms with van der Waals surface area (Å²) in [4.78, 5) is 12.1. The van der Waals surface area contributed by atoms with Crippen LogP contribution in [0.15, 0.2) is 0 Å². The van der Waals surface area contributed by atoms with Gasteiger partial charge < -0.3 is 10.6 Å². The van der Waals surface area contributed by atoms with Crippen LogP contribution < -0.4 is 10.6 Å². The second-order valence-corrected chi connectivity index (χ2v) is 5.34. The summed E-state index contributed by atoms with van der Waals surface area (Å²) in [5.74, 6) is 0.600. The minimum atomic E-state index is 0.294. The number of nitrogens with one attached hydrogen (secondary N) is 2. The van der Waals surface area contributed by atoms with Crippen LogP contribution >= 0.6 is 0 Å². The number of carbonyl (C=O) groups is 1. The second kappa shape index (κ2) is 5.67. The maximum absolute atomic E-state index is 12.1. The Labute approximate surface area is 98.4 Å². The Balaban J connectivity index is 1.80. The second-order valence-electron chi connectivity index (χ2n) is 5.34. The van der Waals surface area contributed by atoms with Crippen LogP contribution in [-0.2, 0) is 4.79 Å². The van der Waals surface area contributed by atoms with Gasteiger partial charge in [-0.1, -0.05) is 19.3 Å². The molecule has 0 bridgehead atoms. The molecule has 92 valence electrons. The number of rotatable bonds is 2. The molecule has 2 fully saturated rings. The minimum absolute atomic E-state index is 0.294. The number of carbonyl (C=O) groups excluding carboxylic acids is 1. The van der Waals surface area contributed by atoms with Crippen molar-refractivity contribution < 1.29 is 4.79 Å².